The summed E-state index contributed by atoms with van der Waals surface area (Å²) in [7, 11) is 1.61. The summed E-state index contributed by atoms with van der Waals surface area (Å²) in [5.74, 6) is 0.300. The smallest absolute Gasteiger partial charge is 0.246 e. The van der Waals surface area contributed by atoms with Crippen LogP contribution in [0.1, 0.15) is 48.0 Å². The number of rotatable bonds is 5. The largest absolute Gasteiger partial charge is 0.383 e. The number of hydrogen-bond donors (Lipinski definition) is 1. The molecular formula is C16H30N2O3. The van der Waals surface area contributed by atoms with Crippen LogP contribution < -0.4 is 5.32 Å². The van der Waals surface area contributed by atoms with Gasteiger partial charge in [0.1, 0.15) is 12.1 Å². The van der Waals surface area contributed by atoms with E-state index in [1.54, 1.807) is 12.0 Å². The molecule has 0 spiro atoms. The zero-order chi connectivity index (χ0) is 16.4. The highest BCUT2D eigenvalue weighted by Crippen LogP contribution is 2.30. The van der Waals surface area contributed by atoms with E-state index in [2.05, 4.69) is 19.2 Å². The average molecular weight is 298 g/mol. The Morgan fingerprint density at radius 2 is 1.81 bits per heavy atom. The normalized spacial score (nSPS) is 25.2. The van der Waals surface area contributed by atoms with Crippen molar-refractivity contribution in [2.45, 2.75) is 66.1 Å². The Kier molecular flexibility index (Phi) is 5.79. The zero-order valence-electron chi connectivity index (χ0n) is 14.4. The molecule has 1 saturated heterocycles. The number of methoxy groups -OCH3 is 1. The van der Waals surface area contributed by atoms with Crippen molar-refractivity contribution in [3.63, 3.8) is 0 Å². The van der Waals surface area contributed by atoms with Gasteiger partial charge in [0.2, 0.25) is 11.8 Å². The summed E-state index contributed by atoms with van der Waals surface area (Å²) in [6, 6.07) is -0.999. The maximum absolute atomic E-state index is 12.8. The molecule has 1 rings (SSSR count). The summed E-state index contributed by atoms with van der Waals surface area (Å²) in [5, 5.41) is 2.91. The molecule has 0 aromatic heterocycles. The predicted molar refractivity (Wildman–Crippen MR) is 82.8 cm³/mol. The molecular weight excluding hydrogens is 268 g/mol. The van der Waals surface area contributed by atoms with Crippen LogP contribution in [0.4, 0.5) is 0 Å². The van der Waals surface area contributed by atoms with Crippen molar-refractivity contribution in [1.29, 1.82) is 0 Å². The van der Waals surface area contributed by atoms with Crippen LogP contribution in [0.2, 0.25) is 0 Å². The average Bonchev–Trinajstić information content (AvgIpc) is 2.30. The van der Waals surface area contributed by atoms with Crippen LogP contribution in [0.25, 0.3) is 0 Å². The molecule has 5 heteroatoms. The third-order valence-electron chi connectivity index (χ3n) is 3.81. The molecule has 1 fully saturated rings. The first-order valence-corrected chi connectivity index (χ1v) is 7.71. The molecule has 2 amide bonds. The lowest BCUT2D eigenvalue weighted by atomic mass is 9.81. The van der Waals surface area contributed by atoms with Crippen LogP contribution >= 0.6 is 0 Å². The third-order valence-corrected chi connectivity index (χ3v) is 3.81. The number of ether oxygens (including phenoxy) is 1. The van der Waals surface area contributed by atoms with Crippen molar-refractivity contribution in [3.8, 4) is 0 Å². The van der Waals surface area contributed by atoms with E-state index in [-0.39, 0.29) is 23.3 Å². The van der Waals surface area contributed by atoms with E-state index < -0.39 is 12.1 Å². The molecule has 0 aromatic carbocycles. The van der Waals surface area contributed by atoms with Crippen molar-refractivity contribution in [2.75, 3.05) is 13.7 Å². The summed E-state index contributed by atoms with van der Waals surface area (Å²) in [4.78, 5) is 27.1. The molecule has 1 aliphatic heterocycles. The fourth-order valence-corrected chi connectivity index (χ4v) is 2.98. The summed E-state index contributed by atoms with van der Waals surface area (Å²) < 4.78 is 5.19. The van der Waals surface area contributed by atoms with Crippen molar-refractivity contribution < 1.29 is 14.3 Å². The van der Waals surface area contributed by atoms with Gasteiger partial charge < -0.3 is 15.0 Å². The highest BCUT2D eigenvalue weighted by Gasteiger charge is 2.47. The minimum atomic E-state index is -0.460. The number of hydrogen-bond acceptors (Lipinski definition) is 3. The fraction of sp³-hybridized carbons (Fsp3) is 0.875. The molecule has 3 unspecified atom stereocenters. The van der Waals surface area contributed by atoms with Gasteiger partial charge in [-0.3, -0.25) is 9.59 Å². The summed E-state index contributed by atoms with van der Waals surface area (Å²) in [6.45, 7) is 12.4. The van der Waals surface area contributed by atoms with Gasteiger partial charge in [-0.15, -0.1) is 0 Å². The Hall–Kier alpha value is -1.10. The first-order chi connectivity index (χ1) is 9.59. The maximum atomic E-state index is 12.8. The molecule has 1 heterocycles. The summed E-state index contributed by atoms with van der Waals surface area (Å²) in [5.41, 5.74) is -0.315. The van der Waals surface area contributed by atoms with Crippen LogP contribution in [0.15, 0.2) is 0 Å². The van der Waals surface area contributed by atoms with E-state index in [9.17, 15) is 9.59 Å². The van der Waals surface area contributed by atoms with E-state index >= 15 is 0 Å². The molecule has 5 nitrogen and oxygen atoms in total. The third kappa shape index (κ3) is 4.19. The molecule has 0 bridgehead atoms. The first-order valence-electron chi connectivity index (χ1n) is 7.71. The highest BCUT2D eigenvalue weighted by atomic mass is 16.5. The van der Waals surface area contributed by atoms with Gasteiger partial charge in [0.25, 0.3) is 0 Å². The van der Waals surface area contributed by atoms with Gasteiger partial charge in [-0.25, -0.2) is 0 Å². The molecule has 0 aromatic rings. The van der Waals surface area contributed by atoms with Gasteiger partial charge >= 0.3 is 0 Å². The monoisotopic (exact) mass is 298 g/mol. The lowest BCUT2D eigenvalue weighted by Crippen LogP contribution is -2.69. The van der Waals surface area contributed by atoms with Crippen LogP contribution in [-0.2, 0) is 14.3 Å². The Morgan fingerprint density at radius 3 is 2.24 bits per heavy atom. The number of nitrogens with zero attached hydrogens (tertiary/aromatic N) is 1. The van der Waals surface area contributed by atoms with E-state index in [0.717, 1.165) is 0 Å². The molecule has 0 saturated carbocycles. The van der Waals surface area contributed by atoms with Crippen LogP contribution in [0.3, 0.4) is 0 Å². The van der Waals surface area contributed by atoms with Gasteiger partial charge in [0.15, 0.2) is 0 Å². The number of carbonyl (C=O) groups is 2. The van der Waals surface area contributed by atoms with E-state index in [4.69, 9.17) is 4.74 Å². The molecule has 122 valence electrons. The summed E-state index contributed by atoms with van der Waals surface area (Å²) >= 11 is 0. The van der Waals surface area contributed by atoms with Crippen LogP contribution in [-0.4, -0.2) is 48.6 Å². The second kappa shape index (κ2) is 6.77. The van der Waals surface area contributed by atoms with Gasteiger partial charge in [-0.05, 0) is 24.7 Å². The van der Waals surface area contributed by atoms with Gasteiger partial charge in [-0.2, -0.15) is 0 Å². The molecule has 1 N–H and O–H groups in total. The Labute approximate surface area is 128 Å². The topological polar surface area (TPSA) is 58.6 Å². The van der Waals surface area contributed by atoms with E-state index in [1.165, 1.54) is 0 Å². The molecule has 3 atom stereocenters. The van der Waals surface area contributed by atoms with Crippen molar-refractivity contribution in [2.24, 2.45) is 11.3 Å². The number of carbonyl (C=O) groups excluding carboxylic acids is 2. The quantitative estimate of drug-likeness (QED) is 0.842. The Balaban J connectivity index is 3.11. The second-order valence-corrected chi connectivity index (χ2v) is 7.51. The van der Waals surface area contributed by atoms with Crippen LogP contribution in [0.5, 0.6) is 0 Å². The maximum Gasteiger partial charge on any atom is 0.246 e. The fourth-order valence-electron chi connectivity index (χ4n) is 2.98. The molecule has 0 aliphatic carbocycles. The van der Waals surface area contributed by atoms with Gasteiger partial charge in [0.05, 0.1) is 12.6 Å². The number of amides is 2. The second-order valence-electron chi connectivity index (χ2n) is 7.51. The zero-order valence-corrected chi connectivity index (χ0v) is 14.4. The van der Waals surface area contributed by atoms with Gasteiger partial charge in [0, 0.05) is 7.11 Å². The molecule has 1 aliphatic rings. The lowest BCUT2D eigenvalue weighted by molar-refractivity contribution is -0.158. The highest BCUT2D eigenvalue weighted by molar-refractivity contribution is 5.97. The minimum Gasteiger partial charge on any atom is -0.383 e. The molecule has 0 radical (unpaired) electrons. The van der Waals surface area contributed by atoms with Crippen molar-refractivity contribution in [3.05, 3.63) is 0 Å². The summed E-state index contributed by atoms with van der Waals surface area (Å²) in [6.07, 6.45) is 0.664. The molecule has 21 heavy (non-hydrogen) atoms. The van der Waals surface area contributed by atoms with Crippen LogP contribution in [0, 0.1) is 11.3 Å². The van der Waals surface area contributed by atoms with E-state index in [1.807, 2.05) is 27.7 Å². The standard InChI is InChI=1S/C16H30N2O3/c1-10(2)8-12-15(20)18(11(3)9-21-7)13(14(19)17-12)16(4,5)6/h10-13H,8-9H2,1-7H3,(H,17,19). The van der Waals surface area contributed by atoms with Crippen molar-refractivity contribution in [1.82, 2.24) is 10.2 Å². The lowest BCUT2D eigenvalue weighted by Gasteiger charge is -2.47. The SMILES string of the molecule is COCC(C)N1C(=O)C(CC(C)C)NC(=O)C1C(C)(C)C. The van der Waals surface area contributed by atoms with E-state index in [0.29, 0.717) is 18.9 Å². The number of nitrogens with one attached hydrogen (secondary N) is 1. The Bertz CT molecular complexity index is 387. The number of piperazine rings is 1. The first kappa shape index (κ1) is 18.0. The van der Waals surface area contributed by atoms with Crippen molar-refractivity contribution >= 4 is 11.8 Å². The Morgan fingerprint density at radius 1 is 1.24 bits per heavy atom. The van der Waals surface area contributed by atoms with Gasteiger partial charge in [-0.1, -0.05) is 34.6 Å². The predicted octanol–water partition coefficient (Wildman–Crippen LogP) is 1.81. The minimum absolute atomic E-state index is 0.00720.